The summed E-state index contributed by atoms with van der Waals surface area (Å²) in [6.07, 6.45) is -0.224. The SMILES string of the molecule is NC(CCC(=O)O)C(=O)O.[H-].[H-].[Na+].[Na+]. The van der Waals surface area contributed by atoms with Gasteiger partial charge in [-0.1, -0.05) is 0 Å². The molecule has 12 heavy (non-hydrogen) atoms. The molecule has 0 rings (SSSR count). The van der Waals surface area contributed by atoms with Crippen LogP contribution in [0.25, 0.3) is 0 Å². The standard InChI is InChI=1S/C5H9NO4.2Na.2H/c6-3(5(9)10)1-2-4(7)8;;;;/h3H,1-2,6H2,(H,7,8)(H,9,10);;;;/q;2*+1;2*-1. The van der Waals surface area contributed by atoms with E-state index in [4.69, 9.17) is 15.9 Å². The smallest absolute Gasteiger partial charge is 1.00 e. The van der Waals surface area contributed by atoms with Crippen molar-refractivity contribution in [1.82, 2.24) is 0 Å². The molecule has 0 fully saturated rings. The Kier molecular flexibility index (Phi) is 15.5. The van der Waals surface area contributed by atoms with E-state index in [1.807, 2.05) is 0 Å². The van der Waals surface area contributed by atoms with Crippen molar-refractivity contribution >= 4 is 11.9 Å². The van der Waals surface area contributed by atoms with Crippen molar-refractivity contribution in [3.8, 4) is 0 Å². The van der Waals surface area contributed by atoms with Gasteiger partial charge in [0.15, 0.2) is 0 Å². The molecule has 0 aliphatic rings. The molecule has 1 unspecified atom stereocenters. The van der Waals surface area contributed by atoms with E-state index in [0.717, 1.165) is 0 Å². The third-order valence-electron chi connectivity index (χ3n) is 0.986. The van der Waals surface area contributed by atoms with E-state index >= 15 is 0 Å². The predicted octanol–water partition coefficient (Wildman–Crippen LogP) is -6.50. The molecular formula is C5H11NNa2O4. The number of carbonyl (C=O) groups is 2. The molecule has 0 aromatic carbocycles. The normalized spacial score (nSPS) is 10.4. The van der Waals surface area contributed by atoms with E-state index < -0.39 is 18.0 Å². The Balaban J connectivity index is -0.0000000675. The molecule has 0 aromatic heterocycles. The van der Waals surface area contributed by atoms with Crippen molar-refractivity contribution in [3.05, 3.63) is 0 Å². The maximum Gasteiger partial charge on any atom is 1.00 e. The molecule has 62 valence electrons. The number of rotatable bonds is 4. The van der Waals surface area contributed by atoms with Gasteiger partial charge < -0.3 is 18.8 Å². The summed E-state index contributed by atoms with van der Waals surface area (Å²) < 4.78 is 0. The molecule has 0 spiro atoms. The van der Waals surface area contributed by atoms with Crippen LogP contribution in [0.15, 0.2) is 0 Å². The number of nitrogens with two attached hydrogens (primary N) is 1. The summed E-state index contributed by atoms with van der Waals surface area (Å²) in [7, 11) is 0. The molecule has 0 aromatic rings. The van der Waals surface area contributed by atoms with Crippen LogP contribution in [-0.4, -0.2) is 28.2 Å². The molecule has 1 atom stereocenters. The minimum absolute atomic E-state index is 0. The summed E-state index contributed by atoms with van der Waals surface area (Å²) in [5.74, 6) is -2.20. The van der Waals surface area contributed by atoms with E-state index in [1.54, 1.807) is 0 Å². The van der Waals surface area contributed by atoms with Crippen molar-refractivity contribution in [2.75, 3.05) is 0 Å². The number of hydrogen-bond acceptors (Lipinski definition) is 3. The van der Waals surface area contributed by atoms with Gasteiger partial charge in [0.2, 0.25) is 0 Å². The van der Waals surface area contributed by atoms with E-state index in [-0.39, 0.29) is 74.8 Å². The quantitative estimate of drug-likeness (QED) is 0.387. The van der Waals surface area contributed by atoms with Crippen LogP contribution in [0, 0.1) is 0 Å². The maximum atomic E-state index is 9.99. The number of carboxylic acids is 2. The van der Waals surface area contributed by atoms with Crippen LogP contribution in [0.4, 0.5) is 0 Å². The molecule has 5 nitrogen and oxygen atoms in total. The average Bonchev–Trinajstić information content (AvgIpc) is 1.82. The van der Waals surface area contributed by atoms with E-state index in [2.05, 4.69) is 0 Å². The molecule has 0 amide bonds. The predicted molar refractivity (Wildman–Crippen MR) is 34.7 cm³/mol. The summed E-state index contributed by atoms with van der Waals surface area (Å²) in [6.45, 7) is 0. The van der Waals surface area contributed by atoms with Crippen LogP contribution in [0.1, 0.15) is 15.7 Å². The Morgan fingerprint density at radius 1 is 1.33 bits per heavy atom. The van der Waals surface area contributed by atoms with Gasteiger partial charge in [-0.05, 0) is 6.42 Å². The molecule has 0 heterocycles. The number of aliphatic carboxylic acids is 2. The second kappa shape index (κ2) is 9.98. The first-order chi connectivity index (χ1) is 4.54. The minimum atomic E-state index is -1.17. The van der Waals surface area contributed by atoms with Crippen LogP contribution >= 0.6 is 0 Å². The molecule has 0 saturated carbocycles. The van der Waals surface area contributed by atoms with E-state index in [9.17, 15) is 9.59 Å². The second-order valence-electron chi connectivity index (χ2n) is 1.88. The fourth-order valence-electron chi connectivity index (χ4n) is 0.402. The van der Waals surface area contributed by atoms with Crippen LogP contribution < -0.4 is 64.8 Å². The van der Waals surface area contributed by atoms with Gasteiger partial charge in [-0.15, -0.1) is 0 Å². The third-order valence-corrected chi connectivity index (χ3v) is 0.986. The Bertz CT molecular complexity index is 161. The second-order valence-corrected chi connectivity index (χ2v) is 1.88. The molecule has 0 bridgehead atoms. The topological polar surface area (TPSA) is 101 Å². The molecule has 0 saturated heterocycles. The van der Waals surface area contributed by atoms with Crippen molar-refractivity contribution in [2.24, 2.45) is 5.73 Å². The minimum Gasteiger partial charge on any atom is -1.00 e. The summed E-state index contributed by atoms with van der Waals surface area (Å²) in [5, 5.41) is 16.3. The summed E-state index contributed by atoms with van der Waals surface area (Å²) >= 11 is 0. The van der Waals surface area contributed by atoms with Crippen LogP contribution in [0.2, 0.25) is 0 Å². The maximum absolute atomic E-state index is 9.99. The van der Waals surface area contributed by atoms with Gasteiger partial charge >= 0.3 is 71.1 Å². The molecule has 0 radical (unpaired) electrons. The molecule has 7 heteroatoms. The van der Waals surface area contributed by atoms with Gasteiger partial charge in [0.25, 0.3) is 0 Å². The molecule has 0 aliphatic carbocycles. The zero-order valence-corrected chi connectivity index (χ0v) is 11.3. The van der Waals surface area contributed by atoms with Crippen molar-refractivity contribution in [3.63, 3.8) is 0 Å². The average molecular weight is 195 g/mol. The monoisotopic (exact) mass is 195 g/mol. The number of carboxylic acid groups (broad SMARTS) is 2. The fourth-order valence-corrected chi connectivity index (χ4v) is 0.402. The van der Waals surface area contributed by atoms with Crippen LogP contribution in [-0.2, 0) is 9.59 Å². The Morgan fingerprint density at radius 3 is 2.00 bits per heavy atom. The molecule has 0 aliphatic heterocycles. The molecule has 4 N–H and O–H groups in total. The van der Waals surface area contributed by atoms with Crippen molar-refractivity contribution in [2.45, 2.75) is 18.9 Å². The van der Waals surface area contributed by atoms with Crippen LogP contribution in [0.3, 0.4) is 0 Å². The Labute approximate surface area is 117 Å². The van der Waals surface area contributed by atoms with Gasteiger partial charge in [0.1, 0.15) is 6.04 Å². The van der Waals surface area contributed by atoms with E-state index in [1.165, 1.54) is 0 Å². The fraction of sp³-hybridized carbons (Fsp3) is 0.600. The van der Waals surface area contributed by atoms with Gasteiger partial charge in [-0.3, -0.25) is 9.59 Å². The first kappa shape index (κ1) is 18.6. The van der Waals surface area contributed by atoms with Gasteiger partial charge in [-0.25, -0.2) is 0 Å². The van der Waals surface area contributed by atoms with Gasteiger partial charge in [0.05, 0.1) is 0 Å². The van der Waals surface area contributed by atoms with Crippen molar-refractivity contribution < 1.29 is 81.8 Å². The summed E-state index contributed by atoms with van der Waals surface area (Å²) in [6, 6.07) is -1.06. The Hall–Kier alpha value is 0.900. The largest absolute Gasteiger partial charge is 1.00 e. The zero-order valence-electron chi connectivity index (χ0n) is 9.28. The van der Waals surface area contributed by atoms with Crippen molar-refractivity contribution in [1.29, 1.82) is 0 Å². The van der Waals surface area contributed by atoms with Crippen LogP contribution in [0.5, 0.6) is 0 Å². The van der Waals surface area contributed by atoms with E-state index in [0.29, 0.717) is 0 Å². The number of hydrogen-bond donors (Lipinski definition) is 3. The Morgan fingerprint density at radius 2 is 1.75 bits per heavy atom. The van der Waals surface area contributed by atoms with Gasteiger partial charge in [0, 0.05) is 6.42 Å². The van der Waals surface area contributed by atoms with Gasteiger partial charge in [-0.2, -0.15) is 0 Å². The first-order valence-electron chi connectivity index (χ1n) is 2.74. The summed E-state index contributed by atoms with van der Waals surface area (Å²) in [4.78, 5) is 19.9. The third kappa shape index (κ3) is 10.9. The summed E-state index contributed by atoms with van der Waals surface area (Å²) in [5.41, 5.74) is 5.00. The first-order valence-corrected chi connectivity index (χ1v) is 2.74. The zero-order chi connectivity index (χ0) is 8.15. The molecular weight excluding hydrogens is 184 g/mol.